The van der Waals surface area contributed by atoms with Crippen LogP contribution in [0.3, 0.4) is 0 Å². The van der Waals surface area contributed by atoms with Gasteiger partial charge in [-0.25, -0.2) is 9.59 Å². The molecule has 1 atom stereocenters. The number of carboxylic acid groups (broad SMARTS) is 3. The predicted octanol–water partition coefficient (Wildman–Crippen LogP) is -1.02. The first kappa shape index (κ1) is 17.7. The van der Waals surface area contributed by atoms with Crippen LogP contribution in [0.5, 0.6) is 0 Å². The number of aliphatic hydroxyl groups is 1. The van der Waals surface area contributed by atoms with E-state index in [9.17, 15) is 4.79 Å². The number of nitrogens with one attached hydrogen (secondary N) is 1. The molecule has 0 radical (unpaired) electrons. The number of aliphatic hydroxyl groups excluding tert-OH is 1. The molecule has 0 bridgehead atoms. The minimum absolute atomic E-state index is 0.0896. The number of aliphatic carboxylic acids is 3. The molecule has 0 aromatic heterocycles. The number of carbonyl (C=O) groups is 3. The standard InChI is InChI=1S/C7H15NO3.C2H2O4/c1-2-4-8-6(3-5-9)7(10)11;3-1(4)2(5)6/h6,8-9H,2-5H2,1H3,(H,10,11);(H,3,4)(H,5,6)/t6-;/m0./s1. The highest BCUT2D eigenvalue weighted by molar-refractivity contribution is 6.27. The largest absolute Gasteiger partial charge is 0.480 e. The van der Waals surface area contributed by atoms with E-state index in [2.05, 4.69) is 5.32 Å². The van der Waals surface area contributed by atoms with Gasteiger partial charge in [-0.15, -0.1) is 0 Å². The molecule has 0 aromatic rings. The Hall–Kier alpha value is -1.67. The van der Waals surface area contributed by atoms with Crippen LogP contribution in [0, 0.1) is 0 Å². The fourth-order valence-electron chi connectivity index (χ4n) is 0.761. The zero-order chi connectivity index (χ0) is 13.8. The fraction of sp³-hybridized carbons (Fsp3) is 0.667. The van der Waals surface area contributed by atoms with E-state index in [1.165, 1.54) is 0 Å². The van der Waals surface area contributed by atoms with Gasteiger partial charge in [0.25, 0.3) is 0 Å². The van der Waals surface area contributed by atoms with Crippen molar-refractivity contribution in [3.05, 3.63) is 0 Å². The number of hydrogen-bond acceptors (Lipinski definition) is 5. The minimum Gasteiger partial charge on any atom is -0.480 e. The second-order valence-corrected chi connectivity index (χ2v) is 2.97. The third-order valence-electron chi connectivity index (χ3n) is 1.54. The van der Waals surface area contributed by atoms with Crippen molar-refractivity contribution in [2.75, 3.05) is 13.2 Å². The maximum absolute atomic E-state index is 10.4. The first-order valence-corrected chi connectivity index (χ1v) is 4.90. The summed E-state index contributed by atoms with van der Waals surface area (Å²) in [6.07, 6.45) is 1.17. The Balaban J connectivity index is 0. The number of rotatable bonds is 6. The van der Waals surface area contributed by atoms with Gasteiger partial charge in [0, 0.05) is 6.61 Å². The Morgan fingerprint density at radius 1 is 1.12 bits per heavy atom. The molecule has 0 aromatic carbocycles. The number of hydrogen-bond donors (Lipinski definition) is 5. The van der Waals surface area contributed by atoms with Crippen molar-refractivity contribution in [1.29, 1.82) is 0 Å². The van der Waals surface area contributed by atoms with E-state index in [0.717, 1.165) is 6.42 Å². The summed E-state index contributed by atoms with van der Waals surface area (Å²) in [5.41, 5.74) is 0. The highest BCUT2D eigenvalue weighted by atomic mass is 16.4. The molecule has 0 saturated heterocycles. The normalized spacial score (nSPS) is 10.9. The molecule has 0 aliphatic heterocycles. The lowest BCUT2D eigenvalue weighted by Gasteiger charge is -2.11. The van der Waals surface area contributed by atoms with Gasteiger partial charge in [0.2, 0.25) is 0 Å². The van der Waals surface area contributed by atoms with Crippen LogP contribution < -0.4 is 5.32 Å². The Bertz CT molecular complexity index is 242. The van der Waals surface area contributed by atoms with Crippen molar-refractivity contribution < 1.29 is 34.8 Å². The summed E-state index contributed by atoms with van der Waals surface area (Å²) in [5.74, 6) is -4.54. The van der Waals surface area contributed by atoms with Crippen LogP contribution in [0.25, 0.3) is 0 Å². The van der Waals surface area contributed by atoms with Crippen molar-refractivity contribution in [1.82, 2.24) is 5.32 Å². The molecule has 0 saturated carbocycles. The van der Waals surface area contributed by atoms with Crippen LogP contribution in [0.1, 0.15) is 19.8 Å². The van der Waals surface area contributed by atoms with Crippen molar-refractivity contribution in [2.24, 2.45) is 0 Å². The Morgan fingerprint density at radius 2 is 1.59 bits per heavy atom. The minimum atomic E-state index is -1.82. The highest BCUT2D eigenvalue weighted by Gasteiger charge is 2.14. The second-order valence-electron chi connectivity index (χ2n) is 2.97. The van der Waals surface area contributed by atoms with E-state index in [0.29, 0.717) is 6.54 Å². The van der Waals surface area contributed by atoms with Gasteiger partial charge < -0.3 is 25.7 Å². The van der Waals surface area contributed by atoms with E-state index in [-0.39, 0.29) is 13.0 Å². The summed E-state index contributed by atoms with van der Waals surface area (Å²) in [5, 5.41) is 34.6. The molecule has 17 heavy (non-hydrogen) atoms. The molecular weight excluding hydrogens is 234 g/mol. The van der Waals surface area contributed by atoms with Gasteiger partial charge >= 0.3 is 17.9 Å². The van der Waals surface area contributed by atoms with Gasteiger partial charge in [-0.3, -0.25) is 4.79 Å². The molecule has 0 rings (SSSR count). The molecular formula is C9H17NO7. The van der Waals surface area contributed by atoms with Crippen molar-refractivity contribution in [3.63, 3.8) is 0 Å². The van der Waals surface area contributed by atoms with Gasteiger partial charge in [0.05, 0.1) is 0 Å². The monoisotopic (exact) mass is 251 g/mol. The summed E-state index contributed by atoms with van der Waals surface area (Å²) in [6.45, 7) is 2.55. The van der Waals surface area contributed by atoms with Crippen LogP contribution in [-0.4, -0.2) is 57.5 Å². The second kappa shape index (κ2) is 10.8. The molecule has 100 valence electrons. The molecule has 8 heteroatoms. The van der Waals surface area contributed by atoms with Crippen LogP contribution in [0.4, 0.5) is 0 Å². The van der Waals surface area contributed by atoms with E-state index in [1.54, 1.807) is 0 Å². The Labute approximate surface area is 97.9 Å². The zero-order valence-electron chi connectivity index (χ0n) is 9.42. The summed E-state index contributed by atoms with van der Waals surface area (Å²) < 4.78 is 0. The average Bonchev–Trinajstić information content (AvgIpc) is 2.24. The van der Waals surface area contributed by atoms with Gasteiger partial charge in [-0.2, -0.15) is 0 Å². The SMILES string of the molecule is CCCN[C@@H](CCO)C(=O)O.O=C(O)C(=O)O. The fourth-order valence-corrected chi connectivity index (χ4v) is 0.761. The predicted molar refractivity (Wildman–Crippen MR) is 56.7 cm³/mol. The number of carboxylic acids is 3. The third-order valence-corrected chi connectivity index (χ3v) is 1.54. The molecule has 0 fully saturated rings. The first-order chi connectivity index (χ1) is 7.86. The third kappa shape index (κ3) is 12.3. The smallest absolute Gasteiger partial charge is 0.414 e. The lowest BCUT2D eigenvalue weighted by Crippen LogP contribution is -2.37. The van der Waals surface area contributed by atoms with Gasteiger partial charge in [0.15, 0.2) is 0 Å². The van der Waals surface area contributed by atoms with E-state index >= 15 is 0 Å². The highest BCUT2D eigenvalue weighted by Crippen LogP contribution is 1.90. The summed E-state index contributed by atoms with van der Waals surface area (Å²) >= 11 is 0. The lowest BCUT2D eigenvalue weighted by molar-refractivity contribution is -0.159. The van der Waals surface area contributed by atoms with E-state index < -0.39 is 23.9 Å². The maximum Gasteiger partial charge on any atom is 0.414 e. The summed E-state index contributed by atoms with van der Waals surface area (Å²) in [7, 11) is 0. The molecule has 0 heterocycles. The maximum atomic E-state index is 10.4. The summed E-state index contributed by atoms with van der Waals surface area (Å²) in [4.78, 5) is 28.6. The zero-order valence-corrected chi connectivity index (χ0v) is 9.42. The van der Waals surface area contributed by atoms with Crippen LogP contribution in [-0.2, 0) is 14.4 Å². The van der Waals surface area contributed by atoms with Crippen molar-refractivity contribution in [3.8, 4) is 0 Å². The molecule has 0 aliphatic rings. The molecule has 0 spiro atoms. The lowest BCUT2D eigenvalue weighted by atomic mass is 10.2. The first-order valence-electron chi connectivity index (χ1n) is 4.90. The molecule has 8 nitrogen and oxygen atoms in total. The van der Waals surface area contributed by atoms with Crippen LogP contribution in [0.15, 0.2) is 0 Å². The van der Waals surface area contributed by atoms with Crippen LogP contribution >= 0.6 is 0 Å². The summed E-state index contributed by atoms with van der Waals surface area (Å²) in [6, 6.07) is -0.597. The van der Waals surface area contributed by atoms with Crippen molar-refractivity contribution in [2.45, 2.75) is 25.8 Å². The van der Waals surface area contributed by atoms with Gasteiger partial charge in [-0.05, 0) is 19.4 Å². The molecule has 0 unspecified atom stereocenters. The quantitative estimate of drug-likeness (QED) is 0.377. The van der Waals surface area contributed by atoms with Gasteiger partial charge in [-0.1, -0.05) is 6.92 Å². The molecule has 5 N–H and O–H groups in total. The average molecular weight is 251 g/mol. The molecule has 0 amide bonds. The van der Waals surface area contributed by atoms with E-state index in [4.69, 9.17) is 30.0 Å². The van der Waals surface area contributed by atoms with E-state index in [1.807, 2.05) is 6.92 Å². The topological polar surface area (TPSA) is 144 Å². The molecule has 0 aliphatic carbocycles. The van der Waals surface area contributed by atoms with Gasteiger partial charge in [0.1, 0.15) is 6.04 Å². The Kier molecular flexibility index (Phi) is 11.3. The van der Waals surface area contributed by atoms with Crippen LogP contribution in [0.2, 0.25) is 0 Å². The Morgan fingerprint density at radius 3 is 1.82 bits per heavy atom. The van der Waals surface area contributed by atoms with Crippen molar-refractivity contribution >= 4 is 17.9 Å².